The third kappa shape index (κ3) is 47.5. The second kappa shape index (κ2) is 49.2. The average molecular weight is 849 g/mol. The van der Waals surface area contributed by atoms with Gasteiger partial charge in [-0.3, -0.25) is 14.4 Å². The van der Waals surface area contributed by atoms with E-state index in [1.807, 2.05) is 6.08 Å². The Morgan fingerprint density at radius 1 is 0.344 bits per heavy atom. The summed E-state index contributed by atoms with van der Waals surface area (Å²) in [6, 6.07) is 0. The first-order valence-corrected chi connectivity index (χ1v) is 25.1. The van der Waals surface area contributed by atoms with Crippen LogP contribution in [0.25, 0.3) is 0 Å². The van der Waals surface area contributed by atoms with Crippen LogP contribution < -0.4 is 0 Å². The standard InChI is InChI=1S/C55H92O6/c1-4-7-10-13-16-19-22-25-27-28-31-33-36-39-42-45-48-54(57)60-51-52(50-59-53(56)47-44-41-38-35-32-29-24-21-18-15-12-9-6-3)61-55(58)49-46-43-40-37-34-30-26-23-20-17-14-11-8-5-2/h7-8,10-11,16-17,19-20,25,27,29,32,38,41,52H,4-6,9,12-15,18,21-24,26,28,30-31,33-37,39-40,42-51H2,1-3H3/b10-7+,11-8+,19-16+,20-17+,27-25+,32-29+,41-38+. The average Bonchev–Trinajstić information content (AvgIpc) is 3.26. The molecule has 0 N–H and O–H groups in total. The van der Waals surface area contributed by atoms with E-state index in [1.54, 1.807) is 0 Å². The first-order chi connectivity index (χ1) is 30.0. The van der Waals surface area contributed by atoms with Crippen molar-refractivity contribution in [1.82, 2.24) is 0 Å². The Morgan fingerprint density at radius 3 is 1.10 bits per heavy atom. The van der Waals surface area contributed by atoms with Crippen molar-refractivity contribution in [2.75, 3.05) is 13.2 Å². The maximum Gasteiger partial charge on any atom is 0.306 e. The van der Waals surface area contributed by atoms with Crippen molar-refractivity contribution in [2.45, 2.75) is 232 Å². The fraction of sp³-hybridized carbons (Fsp3) is 0.691. The second-order valence-corrected chi connectivity index (χ2v) is 16.3. The van der Waals surface area contributed by atoms with Gasteiger partial charge in [0.15, 0.2) is 6.10 Å². The van der Waals surface area contributed by atoms with Crippen LogP contribution in [-0.4, -0.2) is 37.2 Å². The number of allylic oxidation sites excluding steroid dienone is 14. The van der Waals surface area contributed by atoms with E-state index in [9.17, 15) is 14.4 Å². The summed E-state index contributed by atoms with van der Waals surface area (Å²) in [4.78, 5) is 37.9. The van der Waals surface area contributed by atoms with Crippen molar-refractivity contribution in [3.63, 3.8) is 0 Å². The number of esters is 3. The first-order valence-electron chi connectivity index (χ1n) is 25.1. The van der Waals surface area contributed by atoms with Crippen LogP contribution in [0.5, 0.6) is 0 Å². The van der Waals surface area contributed by atoms with E-state index >= 15 is 0 Å². The lowest BCUT2D eigenvalue weighted by Crippen LogP contribution is -2.30. The van der Waals surface area contributed by atoms with Crippen molar-refractivity contribution < 1.29 is 28.6 Å². The van der Waals surface area contributed by atoms with Gasteiger partial charge in [-0.05, 0) is 96.3 Å². The molecule has 348 valence electrons. The Morgan fingerprint density at radius 2 is 0.672 bits per heavy atom. The molecule has 0 aromatic rings. The van der Waals surface area contributed by atoms with Gasteiger partial charge < -0.3 is 14.2 Å². The van der Waals surface area contributed by atoms with Crippen LogP contribution >= 0.6 is 0 Å². The molecule has 61 heavy (non-hydrogen) atoms. The molecule has 1 atom stereocenters. The van der Waals surface area contributed by atoms with Gasteiger partial charge >= 0.3 is 17.9 Å². The molecule has 0 aliphatic carbocycles. The highest BCUT2D eigenvalue weighted by Gasteiger charge is 2.19. The molecule has 0 radical (unpaired) electrons. The molecule has 0 rings (SSSR count). The molecule has 0 saturated heterocycles. The highest BCUT2D eigenvalue weighted by molar-refractivity contribution is 5.71. The van der Waals surface area contributed by atoms with Crippen molar-refractivity contribution in [3.05, 3.63) is 85.1 Å². The monoisotopic (exact) mass is 849 g/mol. The Labute approximate surface area is 375 Å². The smallest absolute Gasteiger partial charge is 0.306 e. The number of unbranched alkanes of at least 4 members (excludes halogenated alkanes) is 19. The summed E-state index contributed by atoms with van der Waals surface area (Å²) in [7, 11) is 0. The Bertz CT molecular complexity index is 1200. The van der Waals surface area contributed by atoms with Crippen LogP contribution in [0.4, 0.5) is 0 Å². The minimum absolute atomic E-state index is 0.104. The molecule has 0 aliphatic rings. The maximum atomic E-state index is 12.8. The van der Waals surface area contributed by atoms with Gasteiger partial charge in [0.2, 0.25) is 0 Å². The van der Waals surface area contributed by atoms with E-state index in [2.05, 4.69) is 99.8 Å². The van der Waals surface area contributed by atoms with E-state index in [1.165, 1.54) is 77.0 Å². The van der Waals surface area contributed by atoms with Gasteiger partial charge in [0, 0.05) is 19.3 Å². The number of hydrogen-bond donors (Lipinski definition) is 0. The molecule has 0 aromatic carbocycles. The summed E-state index contributed by atoms with van der Waals surface area (Å²) in [5.41, 5.74) is 0. The molecule has 0 aromatic heterocycles. The summed E-state index contributed by atoms with van der Waals surface area (Å²) in [6.07, 6.45) is 62.9. The highest BCUT2D eigenvalue weighted by atomic mass is 16.6. The van der Waals surface area contributed by atoms with Gasteiger partial charge in [-0.15, -0.1) is 0 Å². The predicted octanol–water partition coefficient (Wildman–Crippen LogP) is 16.4. The van der Waals surface area contributed by atoms with Gasteiger partial charge in [-0.1, -0.05) is 196 Å². The van der Waals surface area contributed by atoms with Gasteiger partial charge in [-0.2, -0.15) is 0 Å². The van der Waals surface area contributed by atoms with Crippen molar-refractivity contribution in [2.24, 2.45) is 0 Å². The topological polar surface area (TPSA) is 78.9 Å². The summed E-state index contributed by atoms with van der Waals surface area (Å²) in [6.45, 7) is 6.33. The lowest BCUT2D eigenvalue weighted by molar-refractivity contribution is -0.166. The number of ether oxygens (including phenoxy) is 3. The lowest BCUT2D eigenvalue weighted by Gasteiger charge is -2.18. The predicted molar refractivity (Wildman–Crippen MR) is 261 cm³/mol. The van der Waals surface area contributed by atoms with Crippen LogP contribution in [0.1, 0.15) is 226 Å². The molecule has 1 unspecified atom stereocenters. The Kier molecular flexibility index (Phi) is 46.5. The van der Waals surface area contributed by atoms with Crippen LogP contribution in [0.2, 0.25) is 0 Å². The Hall–Kier alpha value is -3.41. The molecule has 0 fully saturated rings. The van der Waals surface area contributed by atoms with E-state index in [0.29, 0.717) is 19.3 Å². The number of hydrogen-bond acceptors (Lipinski definition) is 6. The SMILES string of the molecule is CC/C=C/C/C=C/C/C=C/CCCCCCCCC(=O)OCC(COC(=O)CC/C=C/C/C=C/CCCCCCCC)OC(=O)CCCCCCCCC/C=C/C/C=C/CC. The molecule has 0 amide bonds. The molecule has 0 heterocycles. The van der Waals surface area contributed by atoms with E-state index in [-0.39, 0.29) is 37.5 Å². The number of carbonyl (C=O) groups excluding carboxylic acids is 3. The molecule has 0 aliphatic heterocycles. The van der Waals surface area contributed by atoms with Gasteiger partial charge in [-0.25, -0.2) is 0 Å². The molecular formula is C55H92O6. The van der Waals surface area contributed by atoms with Crippen LogP contribution in [-0.2, 0) is 28.6 Å². The summed E-state index contributed by atoms with van der Waals surface area (Å²) >= 11 is 0. The zero-order valence-corrected chi connectivity index (χ0v) is 39.7. The largest absolute Gasteiger partial charge is 0.462 e. The second-order valence-electron chi connectivity index (χ2n) is 16.3. The van der Waals surface area contributed by atoms with Gasteiger partial charge in [0.25, 0.3) is 0 Å². The van der Waals surface area contributed by atoms with Gasteiger partial charge in [0.1, 0.15) is 13.2 Å². The third-order valence-electron chi connectivity index (χ3n) is 10.4. The van der Waals surface area contributed by atoms with Crippen LogP contribution in [0.15, 0.2) is 85.1 Å². The molecule has 0 bridgehead atoms. The molecule has 6 nitrogen and oxygen atoms in total. The molecule has 0 saturated carbocycles. The minimum atomic E-state index is -0.808. The third-order valence-corrected chi connectivity index (χ3v) is 10.4. The first kappa shape index (κ1) is 57.6. The summed E-state index contributed by atoms with van der Waals surface area (Å²) in [5.74, 6) is -0.998. The van der Waals surface area contributed by atoms with Gasteiger partial charge in [0.05, 0.1) is 0 Å². The normalized spacial score (nSPS) is 12.8. The van der Waals surface area contributed by atoms with E-state index in [4.69, 9.17) is 14.2 Å². The fourth-order valence-corrected chi connectivity index (χ4v) is 6.66. The summed E-state index contributed by atoms with van der Waals surface area (Å²) < 4.78 is 16.7. The zero-order chi connectivity index (χ0) is 44.4. The lowest BCUT2D eigenvalue weighted by atomic mass is 10.1. The minimum Gasteiger partial charge on any atom is -0.462 e. The van der Waals surface area contributed by atoms with Crippen molar-refractivity contribution in [3.8, 4) is 0 Å². The van der Waals surface area contributed by atoms with Crippen LogP contribution in [0.3, 0.4) is 0 Å². The van der Waals surface area contributed by atoms with Crippen molar-refractivity contribution >= 4 is 17.9 Å². The molecule has 6 heteroatoms. The van der Waals surface area contributed by atoms with Crippen molar-refractivity contribution in [1.29, 1.82) is 0 Å². The molecule has 0 spiro atoms. The molecular weight excluding hydrogens is 757 g/mol. The van der Waals surface area contributed by atoms with Crippen LogP contribution in [0, 0.1) is 0 Å². The maximum absolute atomic E-state index is 12.8. The van der Waals surface area contributed by atoms with E-state index < -0.39 is 6.10 Å². The highest BCUT2D eigenvalue weighted by Crippen LogP contribution is 2.13. The van der Waals surface area contributed by atoms with E-state index in [0.717, 1.165) is 103 Å². The summed E-state index contributed by atoms with van der Waals surface area (Å²) in [5, 5.41) is 0. The number of rotatable bonds is 44. The number of carbonyl (C=O) groups is 3. The zero-order valence-electron chi connectivity index (χ0n) is 39.7. The fourth-order valence-electron chi connectivity index (χ4n) is 6.66. The quantitative estimate of drug-likeness (QED) is 0.0263. The Balaban J connectivity index is 4.48.